The summed E-state index contributed by atoms with van der Waals surface area (Å²) < 4.78 is 0. The minimum Gasteiger partial charge on any atom is -0.339 e. The molecule has 0 aliphatic carbocycles. The van der Waals surface area contributed by atoms with Gasteiger partial charge in [-0.15, -0.1) is 0 Å². The quantitative estimate of drug-likeness (QED) is 0.891. The van der Waals surface area contributed by atoms with E-state index in [1.807, 2.05) is 21.9 Å². The highest BCUT2D eigenvalue weighted by Gasteiger charge is 2.35. The Kier molecular flexibility index (Phi) is 4.27. The molecule has 2 unspecified atom stereocenters. The summed E-state index contributed by atoms with van der Waals surface area (Å²) in [5.74, 6) is 0.458. The molecule has 0 spiro atoms. The predicted molar refractivity (Wildman–Crippen MR) is 91.3 cm³/mol. The van der Waals surface area contributed by atoms with Crippen LogP contribution in [0.4, 0.5) is 0 Å². The van der Waals surface area contributed by atoms with Crippen LogP contribution in [0.3, 0.4) is 0 Å². The highest BCUT2D eigenvalue weighted by atomic mass is 16.2. The molecule has 0 radical (unpaired) electrons. The lowest BCUT2D eigenvalue weighted by atomic mass is 9.94. The second-order valence-corrected chi connectivity index (χ2v) is 7.18. The van der Waals surface area contributed by atoms with Gasteiger partial charge in [-0.1, -0.05) is 24.3 Å². The molecule has 2 fully saturated rings. The first-order valence-electron chi connectivity index (χ1n) is 9.11. The highest BCUT2D eigenvalue weighted by Crippen LogP contribution is 2.23. The Labute approximate surface area is 143 Å². The van der Waals surface area contributed by atoms with Crippen LogP contribution in [0.1, 0.15) is 36.8 Å². The number of hydrogen-bond acceptors (Lipinski definition) is 3. The average Bonchev–Trinajstić information content (AvgIpc) is 3.07. The molecule has 0 saturated carbocycles. The van der Waals surface area contributed by atoms with Crippen molar-refractivity contribution in [2.24, 2.45) is 0 Å². The molecule has 2 saturated heterocycles. The van der Waals surface area contributed by atoms with E-state index in [9.17, 15) is 9.59 Å². The van der Waals surface area contributed by atoms with Gasteiger partial charge in [0.05, 0.1) is 6.04 Å². The van der Waals surface area contributed by atoms with Crippen LogP contribution in [-0.2, 0) is 22.6 Å². The summed E-state index contributed by atoms with van der Waals surface area (Å²) in [7, 11) is 0. The summed E-state index contributed by atoms with van der Waals surface area (Å²) >= 11 is 0. The number of rotatable bonds is 2. The standard InChI is InChI=1S/C19H25N3O2/c23-18-8-4-10-22(18)16-7-3-9-21(13-16)19(24)17-11-14-5-1-2-6-15(14)12-20-17/h1-2,5-6,16-17,20H,3-4,7-13H2. The first-order valence-corrected chi connectivity index (χ1v) is 9.11. The monoisotopic (exact) mass is 327 g/mol. The molecule has 24 heavy (non-hydrogen) atoms. The van der Waals surface area contributed by atoms with Crippen LogP contribution in [-0.4, -0.2) is 53.3 Å². The molecule has 1 N–H and O–H groups in total. The van der Waals surface area contributed by atoms with Gasteiger partial charge < -0.3 is 15.1 Å². The van der Waals surface area contributed by atoms with E-state index in [1.165, 1.54) is 11.1 Å². The van der Waals surface area contributed by atoms with Gasteiger partial charge in [-0.25, -0.2) is 0 Å². The summed E-state index contributed by atoms with van der Waals surface area (Å²) in [6, 6.07) is 8.42. The topological polar surface area (TPSA) is 52.7 Å². The summed E-state index contributed by atoms with van der Waals surface area (Å²) in [6.45, 7) is 3.14. The maximum atomic E-state index is 13.0. The van der Waals surface area contributed by atoms with Crippen molar-refractivity contribution >= 4 is 11.8 Å². The van der Waals surface area contributed by atoms with E-state index in [0.717, 1.165) is 45.3 Å². The molecule has 4 rings (SSSR count). The van der Waals surface area contributed by atoms with Gasteiger partial charge in [0.15, 0.2) is 0 Å². The molecule has 5 heteroatoms. The Bertz CT molecular complexity index is 645. The minimum absolute atomic E-state index is 0.132. The van der Waals surface area contributed by atoms with Crippen LogP contribution in [0, 0.1) is 0 Å². The normalized spacial score (nSPS) is 27.2. The molecule has 3 aliphatic rings. The van der Waals surface area contributed by atoms with E-state index in [0.29, 0.717) is 13.0 Å². The number of nitrogens with zero attached hydrogens (tertiary/aromatic N) is 2. The zero-order chi connectivity index (χ0) is 16.5. The fraction of sp³-hybridized carbons (Fsp3) is 0.579. The molecule has 0 bridgehead atoms. The number of fused-ring (bicyclic) bond motifs is 1. The number of carbonyl (C=O) groups excluding carboxylic acids is 2. The van der Waals surface area contributed by atoms with Gasteiger partial charge in [0.2, 0.25) is 11.8 Å². The van der Waals surface area contributed by atoms with Gasteiger partial charge in [-0.05, 0) is 36.8 Å². The minimum atomic E-state index is -0.132. The third-order valence-corrected chi connectivity index (χ3v) is 5.64. The Balaban J connectivity index is 1.42. The van der Waals surface area contributed by atoms with Gasteiger partial charge in [0, 0.05) is 38.6 Å². The predicted octanol–water partition coefficient (Wildman–Crippen LogP) is 1.31. The van der Waals surface area contributed by atoms with Crippen LogP contribution in [0.25, 0.3) is 0 Å². The highest BCUT2D eigenvalue weighted by molar-refractivity contribution is 5.83. The Morgan fingerprint density at radius 3 is 2.75 bits per heavy atom. The summed E-state index contributed by atoms with van der Waals surface area (Å²) in [6.07, 6.45) is 4.41. The third-order valence-electron chi connectivity index (χ3n) is 5.64. The lowest BCUT2D eigenvalue weighted by Gasteiger charge is -2.39. The van der Waals surface area contributed by atoms with E-state index in [1.54, 1.807) is 0 Å². The Hall–Kier alpha value is -1.88. The van der Waals surface area contributed by atoms with Crippen molar-refractivity contribution in [2.75, 3.05) is 19.6 Å². The number of amides is 2. The van der Waals surface area contributed by atoms with Gasteiger partial charge in [0.25, 0.3) is 0 Å². The van der Waals surface area contributed by atoms with Crippen LogP contribution >= 0.6 is 0 Å². The molecule has 1 aromatic rings. The number of hydrogen-bond donors (Lipinski definition) is 1. The van der Waals surface area contributed by atoms with Crippen LogP contribution < -0.4 is 5.32 Å². The van der Waals surface area contributed by atoms with Crippen LogP contribution in [0.5, 0.6) is 0 Å². The van der Waals surface area contributed by atoms with E-state index in [4.69, 9.17) is 0 Å². The molecular formula is C19H25N3O2. The lowest BCUT2D eigenvalue weighted by molar-refractivity contribution is -0.139. The van der Waals surface area contributed by atoms with Gasteiger partial charge >= 0.3 is 0 Å². The smallest absolute Gasteiger partial charge is 0.240 e. The van der Waals surface area contributed by atoms with Gasteiger partial charge in [0.1, 0.15) is 0 Å². The zero-order valence-corrected chi connectivity index (χ0v) is 14.0. The molecule has 5 nitrogen and oxygen atoms in total. The third kappa shape index (κ3) is 2.93. The SMILES string of the molecule is O=C(C1Cc2ccccc2CN1)N1CCCC(N2CCCC2=O)C1. The number of carbonyl (C=O) groups is 2. The lowest BCUT2D eigenvalue weighted by Crippen LogP contribution is -2.55. The molecular weight excluding hydrogens is 302 g/mol. The second-order valence-electron chi connectivity index (χ2n) is 7.18. The molecule has 0 aromatic heterocycles. The van der Waals surface area contributed by atoms with Crippen molar-refractivity contribution in [3.05, 3.63) is 35.4 Å². The van der Waals surface area contributed by atoms with Crippen molar-refractivity contribution < 1.29 is 9.59 Å². The van der Waals surface area contributed by atoms with E-state index in [2.05, 4.69) is 17.4 Å². The number of likely N-dealkylation sites (tertiary alicyclic amines) is 2. The zero-order valence-electron chi connectivity index (χ0n) is 14.0. The summed E-state index contributed by atoms with van der Waals surface area (Å²) in [5.41, 5.74) is 2.57. The molecule has 2 atom stereocenters. The fourth-order valence-electron chi connectivity index (χ4n) is 4.31. The van der Waals surface area contributed by atoms with Crippen molar-refractivity contribution in [1.82, 2.24) is 15.1 Å². The van der Waals surface area contributed by atoms with Crippen molar-refractivity contribution in [2.45, 2.75) is 50.7 Å². The largest absolute Gasteiger partial charge is 0.339 e. The Morgan fingerprint density at radius 2 is 1.96 bits per heavy atom. The van der Waals surface area contributed by atoms with Crippen LogP contribution in [0.15, 0.2) is 24.3 Å². The van der Waals surface area contributed by atoms with Gasteiger partial charge in [-0.3, -0.25) is 9.59 Å². The van der Waals surface area contributed by atoms with E-state index < -0.39 is 0 Å². The molecule has 128 valence electrons. The summed E-state index contributed by atoms with van der Waals surface area (Å²) in [4.78, 5) is 28.9. The number of piperidine rings is 1. The first-order chi connectivity index (χ1) is 11.7. The maximum absolute atomic E-state index is 13.0. The molecule has 2 amide bonds. The van der Waals surface area contributed by atoms with Crippen molar-refractivity contribution in [3.63, 3.8) is 0 Å². The first kappa shape index (κ1) is 15.6. The van der Waals surface area contributed by atoms with Crippen molar-refractivity contribution in [3.8, 4) is 0 Å². The van der Waals surface area contributed by atoms with Crippen molar-refractivity contribution in [1.29, 1.82) is 0 Å². The van der Waals surface area contributed by atoms with E-state index >= 15 is 0 Å². The molecule has 3 aliphatic heterocycles. The van der Waals surface area contributed by atoms with Crippen LogP contribution in [0.2, 0.25) is 0 Å². The van der Waals surface area contributed by atoms with Gasteiger partial charge in [-0.2, -0.15) is 0 Å². The maximum Gasteiger partial charge on any atom is 0.240 e. The number of nitrogens with one attached hydrogen (secondary N) is 1. The molecule has 1 aromatic carbocycles. The van der Waals surface area contributed by atoms with E-state index in [-0.39, 0.29) is 23.9 Å². The second kappa shape index (κ2) is 6.55. The number of benzene rings is 1. The average molecular weight is 327 g/mol. The Morgan fingerprint density at radius 1 is 1.12 bits per heavy atom. The molecule has 3 heterocycles. The summed E-state index contributed by atoms with van der Waals surface area (Å²) in [5, 5.41) is 3.39. The fourth-order valence-corrected chi connectivity index (χ4v) is 4.31.